The molecule has 1 unspecified atom stereocenters. The van der Waals surface area contributed by atoms with E-state index in [0.29, 0.717) is 30.7 Å². The molecule has 0 saturated carbocycles. The molecule has 4 saturated heterocycles. The predicted octanol–water partition coefficient (Wildman–Crippen LogP) is 6.33. The van der Waals surface area contributed by atoms with E-state index >= 15 is 0 Å². The lowest BCUT2D eigenvalue weighted by atomic mass is 9.93. The van der Waals surface area contributed by atoms with Crippen molar-refractivity contribution in [2.45, 2.75) is 57.0 Å². The number of para-hydroxylation sites is 1. The summed E-state index contributed by atoms with van der Waals surface area (Å²) < 4.78 is 8.16. The number of ether oxygens (including phenoxy) is 1. The SMILES string of the molecule is Nc1ncnc2c1c(-c1ccc(Oc3ccccc3)cc1)nn2C1CCCN(C2CCN(CC3CCN(c4ccc(N5CCC(=O)NC5=O)cc4)CC3)CC2)C1. The van der Waals surface area contributed by atoms with Gasteiger partial charge in [-0.2, -0.15) is 5.10 Å². The Morgan fingerprint density at radius 3 is 2.23 bits per heavy atom. The average molecular weight is 755 g/mol. The Kier molecular flexibility index (Phi) is 10.3. The minimum absolute atomic E-state index is 0.211. The maximum absolute atomic E-state index is 12.3. The largest absolute Gasteiger partial charge is 0.457 e. The molecule has 3 aromatic carbocycles. The highest BCUT2D eigenvalue weighted by Gasteiger charge is 2.33. The highest BCUT2D eigenvalue weighted by atomic mass is 16.5. The highest BCUT2D eigenvalue weighted by Crippen LogP contribution is 2.36. The van der Waals surface area contributed by atoms with E-state index < -0.39 is 0 Å². The van der Waals surface area contributed by atoms with Crippen LogP contribution in [-0.2, 0) is 4.79 Å². The first-order chi connectivity index (χ1) is 27.4. The Labute approximate surface area is 327 Å². The van der Waals surface area contributed by atoms with E-state index in [1.807, 2.05) is 66.7 Å². The molecule has 3 amide bonds. The molecule has 0 bridgehead atoms. The number of nitrogens with zero attached hydrogens (tertiary/aromatic N) is 8. The first kappa shape index (κ1) is 36.1. The quantitative estimate of drug-likeness (QED) is 0.176. The van der Waals surface area contributed by atoms with E-state index in [-0.39, 0.29) is 18.0 Å². The number of benzene rings is 3. The summed E-state index contributed by atoms with van der Waals surface area (Å²) in [5, 5.41) is 8.41. The molecule has 9 rings (SSSR count). The topological polar surface area (TPSA) is 138 Å². The number of nitrogens with one attached hydrogen (secondary N) is 1. The van der Waals surface area contributed by atoms with Crippen LogP contribution in [0, 0.1) is 5.92 Å². The van der Waals surface area contributed by atoms with E-state index in [0.717, 1.165) is 91.6 Å². The third kappa shape index (κ3) is 7.65. The Morgan fingerprint density at radius 1 is 0.750 bits per heavy atom. The highest BCUT2D eigenvalue weighted by molar-refractivity contribution is 6.05. The number of carbonyl (C=O) groups is 2. The number of aromatic nitrogens is 4. The monoisotopic (exact) mass is 754 g/mol. The number of fused-ring (bicyclic) bond motifs is 1. The Bertz CT molecular complexity index is 2140. The minimum atomic E-state index is -0.341. The summed E-state index contributed by atoms with van der Waals surface area (Å²) >= 11 is 0. The molecule has 290 valence electrons. The third-order valence-corrected chi connectivity index (χ3v) is 12.2. The fraction of sp³-hybridized carbons (Fsp3) is 0.419. The van der Waals surface area contributed by atoms with Crippen molar-refractivity contribution < 1.29 is 14.3 Å². The van der Waals surface area contributed by atoms with E-state index in [4.69, 9.17) is 20.6 Å². The Hall–Kier alpha value is -5.53. The number of carbonyl (C=O) groups excluding carboxylic acids is 2. The molecular formula is C43H50N10O3. The lowest BCUT2D eigenvalue weighted by Gasteiger charge is -2.43. The second-order valence-corrected chi connectivity index (χ2v) is 15.7. The van der Waals surface area contributed by atoms with E-state index in [2.05, 4.69) is 41.8 Å². The standard InChI is InChI=1S/C43H50N10O3/c44-41-39-40(31-8-14-37(15-9-31)56-36-6-2-1-3-7-36)48-53(42(39)46-29-45-41)35-5-4-21-51(28-35)33-18-22-49(23-19-33)27-30-16-24-50(25-17-30)32-10-12-34(13-11-32)52-26-20-38(54)47-43(52)55/h1-3,6-15,29-30,33,35H,4-5,16-28H2,(H2,44,45,46)(H,47,54,55). The fourth-order valence-electron chi connectivity index (χ4n) is 9.13. The molecule has 56 heavy (non-hydrogen) atoms. The number of hydrogen-bond donors (Lipinski definition) is 2. The average Bonchev–Trinajstić information content (AvgIpc) is 3.63. The molecule has 4 aliphatic rings. The van der Waals surface area contributed by atoms with Gasteiger partial charge in [-0.3, -0.25) is 19.9 Å². The van der Waals surface area contributed by atoms with Crippen LogP contribution >= 0.6 is 0 Å². The van der Waals surface area contributed by atoms with Crippen molar-refractivity contribution in [2.24, 2.45) is 5.92 Å². The molecule has 13 nitrogen and oxygen atoms in total. The van der Waals surface area contributed by atoms with Gasteiger partial charge in [0.15, 0.2) is 5.65 Å². The number of likely N-dealkylation sites (tertiary alicyclic amines) is 2. The Balaban J connectivity index is 0.781. The summed E-state index contributed by atoms with van der Waals surface area (Å²) in [5.74, 6) is 2.51. The van der Waals surface area contributed by atoms with Crippen LogP contribution < -0.4 is 25.6 Å². The molecular weight excluding hydrogens is 705 g/mol. The van der Waals surface area contributed by atoms with Crippen molar-refractivity contribution >= 4 is 40.2 Å². The first-order valence-electron chi connectivity index (χ1n) is 20.2. The van der Waals surface area contributed by atoms with Crippen LogP contribution in [0.25, 0.3) is 22.3 Å². The van der Waals surface area contributed by atoms with Gasteiger partial charge in [-0.05, 0) is 125 Å². The number of nitrogen functional groups attached to an aromatic ring is 1. The number of amides is 3. The lowest BCUT2D eigenvalue weighted by Crippen LogP contribution is -2.50. The van der Waals surface area contributed by atoms with Crippen LogP contribution in [0.15, 0.2) is 85.2 Å². The molecule has 0 radical (unpaired) electrons. The fourth-order valence-corrected chi connectivity index (χ4v) is 9.13. The molecule has 4 aliphatic heterocycles. The van der Waals surface area contributed by atoms with Gasteiger partial charge < -0.3 is 20.3 Å². The molecule has 5 aromatic rings. The van der Waals surface area contributed by atoms with Crippen LogP contribution in [0.1, 0.15) is 51.0 Å². The van der Waals surface area contributed by atoms with Gasteiger partial charge in [0, 0.05) is 62.1 Å². The second kappa shape index (κ2) is 15.9. The maximum Gasteiger partial charge on any atom is 0.328 e. The predicted molar refractivity (Wildman–Crippen MR) is 218 cm³/mol. The van der Waals surface area contributed by atoms with Crippen LogP contribution in [0.3, 0.4) is 0 Å². The number of piperidine rings is 3. The Morgan fingerprint density at radius 2 is 1.48 bits per heavy atom. The maximum atomic E-state index is 12.3. The second-order valence-electron chi connectivity index (χ2n) is 15.7. The number of nitrogens with two attached hydrogens (primary N) is 1. The van der Waals surface area contributed by atoms with Crippen molar-refractivity contribution in [3.63, 3.8) is 0 Å². The normalized spacial score (nSPS) is 20.8. The van der Waals surface area contributed by atoms with Crippen molar-refractivity contribution in [3.8, 4) is 22.8 Å². The molecule has 2 aromatic heterocycles. The first-order valence-corrected chi connectivity index (χ1v) is 20.2. The summed E-state index contributed by atoms with van der Waals surface area (Å²) in [6.45, 7) is 8.05. The third-order valence-electron chi connectivity index (χ3n) is 12.2. The van der Waals surface area contributed by atoms with E-state index in [1.165, 1.54) is 37.9 Å². The summed E-state index contributed by atoms with van der Waals surface area (Å²) in [6, 6.07) is 26.4. The number of urea groups is 1. The minimum Gasteiger partial charge on any atom is -0.457 e. The number of rotatable bonds is 9. The summed E-state index contributed by atoms with van der Waals surface area (Å²) in [6.07, 6.45) is 8.83. The van der Waals surface area contributed by atoms with Crippen molar-refractivity contribution in [1.29, 1.82) is 0 Å². The zero-order valence-electron chi connectivity index (χ0n) is 31.8. The van der Waals surface area contributed by atoms with Crippen LogP contribution in [0.5, 0.6) is 11.5 Å². The molecule has 13 heteroatoms. The van der Waals surface area contributed by atoms with Gasteiger partial charge in [0.25, 0.3) is 0 Å². The molecule has 1 atom stereocenters. The van der Waals surface area contributed by atoms with E-state index in [9.17, 15) is 9.59 Å². The van der Waals surface area contributed by atoms with Gasteiger partial charge in [0.1, 0.15) is 29.3 Å². The molecule has 3 N–H and O–H groups in total. The van der Waals surface area contributed by atoms with Crippen LogP contribution in [0.4, 0.5) is 22.0 Å². The molecule has 6 heterocycles. The smallest absolute Gasteiger partial charge is 0.328 e. The van der Waals surface area contributed by atoms with Gasteiger partial charge in [-0.25, -0.2) is 19.4 Å². The van der Waals surface area contributed by atoms with Gasteiger partial charge in [0.2, 0.25) is 5.91 Å². The number of hydrogen-bond acceptors (Lipinski definition) is 10. The zero-order valence-corrected chi connectivity index (χ0v) is 31.8. The number of anilines is 3. The van der Waals surface area contributed by atoms with Gasteiger partial charge in [0.05, 0.1) is 11.4 Å². The molecule has 4 fully saturated rings. The zero-order chi connectivity index (χ0) is 38.0. The summed E-state index contributed by atoms with van der Waals surface area (Å²) in [4.78, 5) is 42.4. The molecule has 0 spiro atoms. The van der Waals surface area contributed by atoms with Crippen LogP contribution in [-0.4, -0.2) is 99.9 Å². The van der Waals surface area contributed by atoms with Crippen molar-refractivity contribution in [2.75, 3.05) is 67.9 Å². The van der Waals surface area contributed by atoms with Gasteiger partial charge in [-0.15, -0.1) is 0 Å². The number of imide groups is 1. The van der Waals surface area contributed by atoms with Crippen molar-refractivity contribution in [3.05, 3.63) is 85.2 Å². The van der Waals surface area contributed by atoms with Gasteiger partial charge >= 0.3 is 6.03 Å². The van der Waals surface area contributed by atoms with Crippen LogP contribution in [0.2, 0.25) is 0 Å². The lowest BCUT2D eigenvalue weighted by molar-refractivity contribution is -0.120. The van der Waals surface area contributed by atoms with Crippen molar-refractivity contribution in [1.82, 2.24) is 34.9 Å². The van der Waals surface area contributed by atoms with E-state index in [1.54, 1.807) is 11.2 Å². The molecule has 0 aliphatic carbocycles. The summed E-state index contributed by atoms with van der Waals surface area (Å²) in [7, 11) is 0. The summed E-state index contributed by atoms with van der Waals surface area (Å²) in [5.41, 5.74) is 11.1. The van der Waals surface area contributed by atoms with Gasteiger partial charge in [-0.1, -0.05) is 18.2 Å².